The lowest BCUT2D eigenvalue weighted by atomic mass is 9.79. The van der Waals surface area contributed by atoms with Crippen molar-refractivity contribution in [3.8, 4) is 20.3 Å². The molecule has 1 aliphatic carbocycles. The number of amides is 4. The standard InChI is InChI=1S/C32H28N4O5S2/c1-7-12(4)14-10-16-19-18-17(30(39)35(5)31(40)20(14)18)11-15(21(19)32(41)36(6)29(16)38)28-34-23-24(37)22-25(26(23)43-28)42-27(33-22)13(8-2)9-3/h10-13H,7-9H2,1-6H3. The van der Waals surface area contributed by atoms with Gasteiger partial charge in [0.25, 0.3) is 23.6 Å². The zero-order valence-electron chi connectivity index (χ0n) is 24.6. The molecule has 43 heavy (non-hydrogen) atoms. The van der Waals surface area contributed by atoms with E-state index >= 15 is 0 Å². The second-order valence-electron chi connectivity index (χ2n) is 11.4. The summed E-state index contributed by atoms with van der Waals surface area (Å²) in [6, 6.07) is 3.32. The van der Waals surface area contributed by atoms with Crippen LogP contribution >= 0.6 is 22.7 Å². The topological polar surface area (TPSA) is 118 Å². The number of benzene rings is 2. The molecule has 4 amide bonds. The van der Waals surface area contributed by atoms with E-state index in [0.717, 1.165) is 32.5 Å². The van der Waals surface area contributed by atoms with Gasteiger partial charge in [0.05, 0.1) is 25.9 Å². The van der Waals surface area contributed by atoms with Crippen molar-refractivity contribution in [3.05, 3.63) is 56.3 Å². The fourth-order valence-corrected chi connectivity index (χ4v) is 8.96. The predicted molar refractivity (Wildman–Crippen MR) is 164 cm³/mol. The lowest BCUT2D eigenvalue weighted by Gasteiger charge is -2.33. The zero-order chi connectivity index (χ0) is 30.6. The monoisotopic (exact) mass is 612 g/mol. The maximum absolute atomic E-state index is 13.8. The van der Waals surface area contributed by atoms with E-state index in [1.165, 1.54) is 36.8 Å². The smallest absolute Gasteiger partial charge is 0.261 e. The second kappa shape index (κ2) is 9.45. The van der Waals surface area contributed by atoms with Crippen LogP contribution in [0.1, 0.15) is 127 Å². The molecule has 7 rings (SSSR count). The minimum absolute atomic E-state index is 0.0700. The van der Waals surface area contributed by atoms with Gasteiger partial charge in [-0.3, -0.25) is 33.8 Å². The Kier molecular flexibility index (Phi) is 6.10. The van der Waals surface area contributed by atoms with E-state index in [1.807, 2.05) is 13.8 Å². The van der Waals surface area contributed by atoms with Crippen molar-refractivity contribution < 1.29 is 24.0 Å². The van der Waals surface area contributed by atoms with Gasteiger partial charge in [0, 0.05) is 47.5 Å². The summed E-state index contributed by atoms with van der Waals surface area (Å²) in [7, 11) is 2.87. The van der Waals surface area contributed by atoms with Crippen LogP contribution in [0.25, 0.3) is 31.1 Å². The van der Waals surface area contributed by atoms with E-state index in [9.17, 15) is 24.0 Å². The number of aromatic nitrogens is 2. The van der Waals surface area contributed by atoms with Gasteiger partial charge in [-0.05, 0) is 42.9 Å². The summed E-state index contributed by atoms with van der Waals surface area (Å²) in [5.41, 5.74) is 2.81. The van der Waals surface area contributed by atoms with Crippen LogP contribution in [-0.4, -0.2) is 63.3 Å². The molecule has 4 aromatic rings. The van der Waals surface area contributed by atoms with Crippen LogP contribution < -0.4 is 0 Å². The molecule has 2 aromatic heterocycles. The number of rotatable bonds is 6. The second-order valence-corrected chi connectivity index (χ2v) is 13.4. The first kappa shape index (κ1) is 27.7. The third-order valence-corrected chi connectivity index (χ3v) is 11.6. The van der Waals surface area contributed by atoms with Crippen molar-refractivity contribution in [2.24, 2.45) is 0 Å². The fraction of sp³-hybridized carbons (Fsp3) is 0.344. The minimum Gasteiger partial charge on any atom is -0.285 e. The molecule has 0 bridgehead atoms. The molecule has 11 heteroatoms. The van der Waals surface area contributed by atoms with Gasteiger partial charge in [-0.25, -0.2) is 9.97 Å². The van der Waals surface area contributed by atoms with Crippen molar-refractivity contribution in [1.29, 1.82) is 0 Å². The summed E-state index contributed by atoms with van der Waals surface area (Å²) < 4.78 is 0. The Morgan fingerprint density at radius 3 is 1.88 bits per heavy atom. The molecule has 1 unspecified atom stereocenters. The number of carbonyl (C=O) groups excluding carboxylic acids is 5. The lowest BCUT2D eigenvalue weighted by molar-refractivity contribution is 0.0629. The van der Waals surface area contributed by atoms with Gasteiger partial charge in [-0.15, -0.1) is 22.7 Å². The van der Waals surface area contributed by atoms with Gasteiger partial charge in [0.1, 0.15) is 16.4 Å². The van der Waals surface area contributed by atoms with Crippen LogP contribution in [0.3, 0.4) is 0 Å². The Labute approximate surface area is 255 Å². The number of ketones is 1. The molecule has 2 aliphatic heterocycles. The Balaban J connectivity index is 1.54. The normalized spacial score (nSPS) is 16.2. The van der Waals surface area contributed by atoms with Crippen LogP contribution in [0.4, 0.5) is 0 Å². The third kappa shape index (κ3) is 3.52. The van der Waals surface area contributed by atoms with Gasteiger partial charge >= 0.3 is 0 Å². The molecular weight excluding hydrogens is 585 g/mol. The highest BCUT2D eigenvalue weighted by atomic mass is 32.1. The first-order valence-electron chi connectivity index (χ1n) is 14.4. The average Bonchev–Trinajstić information content (AvgIpc) is 3.70. The molecular formula is C32H28N4O5S2. The Hall–Kier alpha value is -4.09. The highest BCUT2D eigenvalue weighted by Crippen LogP contribution is 2.50. The van der Waals surface area contributed by atoms with Gasteiger partial charge in [0.15, 0.2) is 0 Å². The predicted octanol–water partition coefficient (Wildman–Crippen LogP) is 6.50. The highest BCUT2D eigenvalue weighted by Gasteiger charge is 2.43. The van der Waals surface area contributed by atoms with Crippen molar-refractivity contribution >= 4 is 62.9 Å². The van der Waals surface area contributed by atoms with Gasteiger partial charge < -0.3 is 0 Å². The Morgan fingerprint density at radius 1 is 0.698 bits per heavy atom. The molecule has 3 aliphatic rings. The van der Waals surface area contributed by atoms with E-state index in [4.69, 9.17) is 4.98 Å². The Bertz CT molecular complexity index is 2000. The van der Waals surface area contributed by atoms with E-state index in [0.29, 0.717) is 49.5 Å². The fourth-order valence-electron chi connectivity index (χ4n) is 6.42. The zero-order valence-corrected chi connectivity index (χ0v) is 26.2. The van der Waals surface area contributed by atoms with Crippen molar-refractivity contribution in [3.63, 3.8) is 0 Å². The van der Waals surface area contributed by atoms with Gasteiger partial charge in [-0.2, -0.15) is 0 Å². The molecule has 0 fully saturated rings. The highest BCUT2D eigenvalue weighted by molar-refractivity contribution is 7.24. The molecule has 0 radical (unpaired) electrons. The van der Waals surface area contributed by atoms with E-state index in [-0.39, 0.29) is 40.0 Å². The van der Waals surface area contributed by atoms with Crippen molar-refractivity contribution in [2.75, 3.05) is 14.1 Å². The SMILES string of the molecule is CCC(C)c1cc2c3c(c(-c4nc5c(s4)-c4sc(C(CC)CC)nc4C5=O)cc4c3c1C(=O)N(C)C4=O)C(=O)N(C)C2=O. The number of imide groups is 2. The maximum atomic E-state index is 13.8. The van der Waals surface area contributed by atoms with E-state index < -0.39 is 23.6 Å². The van der Waals surface area contributed by atoms with Crippen LogP contribution in [0.15, 0.2) is 12.1 Å². The first-order valence-corrected chi connectivity index (χ1v) is 16.1. The van der Waals surface area contributed by atoms with Crippen LogP contribution in [0, 0.1) is 0 Å². The van der Waals surface area contributed by atoms with Crippen LogP contribution in [0.2, 0.25) is 0 Å². The summed E-state index contributed by atoms with van der Waals surface area (Å²) in [5.74, 6) is -2.07. The number of hydrogen-bond donors (Lipinski definition) is 0. The molecule has 0 saturated heterocycles. The molecule has 0 spiro atoms. The molecule has 0 N–H and O–H groups in total. The number of carbonyl (C=O) groups is 5. The minimum atomic E-state index is -0.545. The first-order chi connectivity index (χ1) is 20.5. The largest absolute Gasteiger partial charge is 0.285 e. The maximum Gasteiger partial charge on any atom is 0.261 e. The molecule has 9 nitrogen and oxygen atoms in total. The third-order valence-electron chi connectivity index (χ3n) is 9.16. The molecule has 1 atom stereocenters. The molecule has 218 valence electrons. The number of fused-ring (bicyclic) bond motifs is 3. The summed E-state index contributed by atoms with van der Waals surface area (Å²) in [5, 5.41) is 1.97. The number of hydrogen-bond acceptors (Lipinski definition) is 9. The van der Waals surface area contributed by atoms with Gasteiger partial charge in [0.2, 0.25) is 5.78 Å². The number of nitrogens with zero attached hydrogens (tertiary/aromatic N) is 4. The van der Waals surface area contributed by atoms with Crippen LogP contribution in [-0.2, 0) is 0 Å². The molecule has 0 saturated carbocycles. The summed E-state index contributed by atoms with van der Waals surface area (Å²) in [6.45, 7) is 8.18. The summed E-state index contributed by atoms with van der Waals surface area (Å²) >= 11 is 2.79. The lowest BCUT2D eigenvalue weighted by Crippen LogP contribution is -2.41. The quantitative estimate of drug-likeness (QED) is 0.201. The van der Waals surface area contributed by atoms with E-state index in [1.54, 1.807) is 12.1 Å². The van der Waals surface area contributed by atoms with Crippen molar-refractivity contribution in [2.45, 2.75) is 58.8 Å². The van der Waals surface area contributed by atoms with Crippen LogP contribution in [0.5, 0.6) is 0 Å². The van der Waals surface area contributed by atoms with Gasteiger partial charge in [-0.1, -0.05) is 27.7 Å². The van der Waals surface area contributed by atoms with E-state index in [2.05, 4.69) is 18.8 Å². The number of thiazole rings is 2. The molecule has 4 heterocycles. The molecule has 2 aromatic carbocycles. The van der Waals surface area contributed by atoms with Crippen molar-refractivity contribution in [1.82, 2.24) is 19.8 Å². The average molecular weight is 613 g/mol. The Morgan fingerprint density at radius 2 is 1.26 bits per heavy atom. The summed E-state index contributed by atoms with van der Waals surface area (Å²) in [4.78, 5) is 81.1. The summed E-state index contributed by atoms with van der Waals surface area (Å²) in [6.07, 6.45) is 2.55.